The van der Waals surface area contributed by atoms with Crippen molar-refractivity contribution in [1.82, 2.24) is 0 Å². The van der Waals surface area contributed by atoms with E-state index in [1.165, 1.54) is 24.8 Å². The number of hydrogen-bond donors (Lipinski definition) is 1. The van der Waals surface area contributed by atoms with Crippen molar-refractivity contribution in [2.24, 2.45) is 5.41 Å². The fourth-order valence-electron chi connectivity index (χ4n) is 3.87. The van der Waals surface area contributed by atoms with Crippen molar-refractivity contribution >= 4 is 21.6 Å². The van der Waals surface area contributed by atoms with Crippen molar-refractivity contribution in [1.29, 1.82) is 0 Å². The van der Waals surface area contributed by atoms with Crippen LogP contribution in [-0.2, 0) is 4.74 Å². The molecule has 0 heterocycles. The molecule has 1 aromatic carbocycles. The molecule has 116 valence electrons. The van der Waals surface area contributed by atoms with Gasteiger partial charge in [-0.15, -0.1) is 0 Å². The predicted molar refractivity (Wildman–Crippen MR) is 89.2 cm³/mol. The zero-order valence-electron chi connectivity index (χ0n) is 13.0. The van der Waals surface area contributed by atoms with E-state index in [-0.39, 0.29) is 0 Å². The zero-order valence-corrected chi connectivity index (χ0v) is 14.6. The highest BCUT2D eigenvalue weighted by Gasteiger charge is 2.59. The van der Waals surface area contributed by atoms with Crippen LogP contribution in [0.5, 0.6) is 5.75 Å². The molecule has 1 N–H and O–H groups in total. The second-order valence-electron chi connectivity index (χ2n) is 6.26. The molecule has 1 aromatic rings. The van der Waals surface area contributed by atoms with Crippen LogP contribution in [-0.4, -0.2) is 25.9 Å². The molecule has 3 nitrogen and oxygen atoms in total. The predicted octanol–water partition coefficient (Wildman–Crippen LogP) is 4.53. The Morgan fingerprint density at radius 2 is 2.14 bits per heavy atom. The van der Waals surface area contributed by atoms with Crippen LogP contribution >= 0.6 is 15.9 Å². The third-order valence-electron chi connectivity index (χ3n) is 5.24. The van der Waals surface area contributed by atoms with Crippen molar-refractivity contribution in [3.8, 4) is 5.75 Å². The maximum Gasteiger partial charge on any atom is 0.143 e. The Bertz CT molecular complexity index is 528. The number of benzene rings is 1. The van der Waals surface area contributed by atoms with Gasteiger partial charge in [0.2, 0.25) is 0 Å². The molecule has 2 saturated carbocycles. The minimum Gasteiger partial charge on any atom is -0.495 e. The molecular weight excluding hydrogens is 330 g/mol. The lowest BCUT2D eigenvalue weighted by Crippen LogP contribution is -2.64. The molecule has 0 aromatic heterocycles. The fourth-order valence-corrected chi connectivity index (χ4v) is 4.42. The summed E-state index contributed by atoms with van der Waals surface area (Å²) in [5.41, 5.74) is 2.71. The highest BCUT2D eigenvalue weighted by molar-refractivity contribution is 9.10. The molecule has 2 aliphatic carbocycles. The lowest BCUT2D eigenvalue weighted by molar-refractivity contribution is -0.157. The Morgan fingerprint density at radius 3 is 2.71 bits per heavy atom. The van der Waals surface area contributed by atoms with E-state index in [1.54, 1.807) is 7.11 Å². The fraction of sp³-hybridized carbons (Fsp3) is 0.647. The summed E-state index contributed by atoms with van der Waals surface area (Å²) in [7, 11) is 1.73. The van der Waals surface area contributed by atoms with Gasteiger partial charge in [0, 0.05) is 22.5 Å². The number of ether oxygens (including phenoxy) is 2. The summed E-state index contributed by atoms with van der Waals surface area (Å²) in [5.74, 6) is 0.913. The number of rotatable bonds is 5. The van der Waals surface area contributed by atoms with E-state index in [0.717, 1.165) is 28.9 Å². The van der Waals surface area contributed by atoms with E-state index < -0.39 is 0 Å². The van der Waals surface area contributed by atoms with Crippen LogP contribution in [0.25, 0.3) is 0 Å². The molecule has 0 amide bonds. The monoisotopic (exact) mass is 353 g/mol. The SMILES string of the molecule is CCOC1CC(Nc2c(C)cc(Br)cc2OC)C12CCC2. The van der Waals surface area contributed by atoms with E-state index in [9.17, 15) is 0 Å². The van der Waals surface area contributed by atoms with Gasteiger partial charge in [0.15, 0.2) is 0 Å². The summed E-state index contributed by atoms with van der Waals surface area (Å²) in [5, 5.41) is 3.75. The van der Waals surface area contributed by atoms with E-state index in [0.29, 0.717) is 17.6 Å². The molecular formula is C17H24BrNO2. The molecule has 2 aliphatic rings. The first kappa shape index (κ1) is 15.2. The molecule has 1 spiro atoms. The number of halogens is 1. The number of aryl methyl sites for hydroxylation is 1. The standard InChI is InChI=1S/C17H24BrNO2/c1-4-21-15-10-14(17(15)6-5-7-17)19-16-11(2)8-12(18)9-13(16)20-3/h8-9,14-15,19H,4-7,10H2,1-3H3. The summed E-state index contributed by atoms with van der Waals surface area (Å²) in [6, 6.07) is 4.68. The summed E-state index contributed by atoms with van der Waals surface area (Å²) in [4.78, 5) is 0. The average molecular weight is 354 g/mol. The quantitative estimate of drug-likeness (QED) is 0.843. The van der Waals surface area contributed by atoms with Gasteiger partial charge in [-0.3, -0.25) is 0 Å². The third kappa shape index (κ3) is 2.46. The van der Waals surface area contributed by atoms with E-state index in [4.69, 9.17) is 9.47 Å². The van der Waals surface area contributed by atoms with Crippen LogP contribution in [0.2, 0.25) is 0 Å². The van der Waals surface area contributed by atoms with Gasteiger partial charge in [0.05, 0.1) is 18.9 Å². The van der Waals surface area contributed by atoms with Crippen molar-refractivity contribution in [2.75, 3.05) is 19.0 Å². The Balaban J connectivity index is 1.79. The average Bonchev–Trinajstić information content (AvgIpc) is 2.37. The van der Waals surface area contributed by atoms with Gasteiger partial charge in [0.1, 0.15) is 5.75 Å². The Morgan fingerprint density at radius 1 is 1.38 bits per heavy atom. The van der Waals surface area contributed by atoms with Gasteiger partial charge in [0.25, 0.3) is 0 Å². The van der Waals surface area contributed by atoms with Gasteiger partial charge in [-0.2, -0.15) is 0 Å². The summed E-state index contributed by atoms with van der Waals surface area (Å²) in [6.45, 7) is 5.04. The third-order valence-corrected chi connectivity index (χ3v) is 5.70. The first-order valence-electron chi connectivity index (χ1n) is 7.83. The number of anilines is 1. The summed E-state index contributed by atoms with van der Waals surface area (Å²) in [6.07, 6.45) is 5.45. The molecule has 2 atom stereocenters. The molecule has 0 saturated heterocycles. The van der Waals surface area contributed by atoms with Gasteiger partial charge < -0.3 is 14.8 Å². The topological polar surface area (TPSA) is 30.5 Å². The maximum absolute atomic E-state index is 5.93. The molecule has 2 fully saturated rings. The second-order valence-corrected chi connectivity index (χ2v) is 7.18. The zero-order chi connectivity index (χ0) is 15.0. The molecule has 21 heavy (non-hydrogen) atoms. The highest BCUT2D eigenvalue weighted by atomic mass is 79.9. The maximum atomic E-state index is 5.93. The van der Waals surface area contributed by atoms with E-state index >= 15 is 0 Å². The van der Waals surface area contributed by atoms with Crippen LogP contribution in [0, 0.1) is 12.3 Å². The van der Waals surface area contributed by atoms with Gasteiger partial charge in [-0.05, 0) is 50.8 Å². The van der Waals surface area contributed by atoms with Crippen LogP contribution in [0.4, 0.5) is 5.69 Å². The first-order valence-corrected chi connectivity index (χ1v) is 8.62. The molecule has 3 rings (SSSR count). The van der Waals surface area contributed by atoms with Crippen molar-refractivity contribution < 1.29 is 9.47 Å². The molecule has 0 aliphatic heterocycles. The first-order chi connectivity index (χ1) is 10.1. The van der Waals surface area contributed by atoms with Gasteiger partial charge >= 0.3 is 0 Å². The Hall–Kier alpha value is -0.740. The smallest absolute Gasteiger partial charge is 0.143 e. The number of nitrogens with one attached hydrogen (secondary N) is 1. The largest absolute Gasteiger partial charge is 0.495 e. The highest BCUT2D eigenvalue weighted by Crippen LogP contribution is 2.58. The summed E-state index contributed by atoms with van der Waals surface area (Å²) >= 11 is 3.53. The van der Waals surface area contributed by atoms with Gasteiger partial charge in [-0.1, -0.05) is 22.4 Å². The minimum atomic E-state index is 0.362. The molecule has 0 radical (unpaired) electrons. The van der Waals surface area contributed by atoms with Gasteiger partial charge in [-0.25, -0.2) is 0 Å². The van der Waals surface area contributed by atoms with Crippen LogP contribution in [0.15, 0.2) is 16.6 Å². The number of hydrogen-bond acceptors (Lipinski definition) is 3. The van der Waals surface area contributed by atoms with Crippen molar-refractivity contribution in [2.45, 2.75) is 51.7 Å². The van der Waals surface area contributed by atoms with Crippen LogP contribution in [0.3, 0.4) is 0 Å². The van der Waals surface area contributed by atoms with E-state index in [1.807, 2.05) is 6.07 Å². The van der Waals surface area contributed by atoms with Crippen molar-refractivity contribution in [3.05, 3.63) is 22.2 Å². The van der Waals surface area contributed by atoms with Crippen LogP contribution < -0.4 is 10.1 Å². The molecule has 4 heteroatoms. The number of methoxy groups -OCH3 is 1. The Labute approximate surface area is 135 Å². The minimum absolute atomic E-state index is 0.362. The lowest BCUT2D eigenvalue weighted by Gasteiger charge is -2.61. The van der Waals surface area contributed by atoms with E-state index in [2.05, 4.69) is 41.2 Å². The lowest BCUT2D eigenvalue weighted by atomic mass is 9.51. The van der Waals surface area contributed by atoms with Crippen molar-refractivity contribution in [3.63, 3.8) is 0 Å². The normalized spacial score (nSPS) is 26.1. The Kier molecular flexibility index (Phi) is 4.19. The summed E-state index contributed by atoms with van der Waals surface area (Å²) < 4.78 is 12.5. The van der Waals surface area contributed by atoms with Crippen LogP contribution in [0.1, 0.15) is 38.2 Å². The second kappa shape index (κ2) is 5.81. The molecule has 0 bridgehead atoms. The molecule has 2 unspecified atom stereocenters.